The largest absolute Gasteiger partial charge is 0.474 e. The molecule has 2 fully saturated rings. The van der Waals surface area contributed by atoms with E-state index in [1.54, 1.807) is 6.20 Å². The van der Waals surface area contributed by atoms with E-state index in [9.17, 15) is 5.11 Å². The molecule has 0 bridgehead atoms. The van der Waals surface area contributed by atoms with Crippen molar-refractivity contribution in [1.29, 1.82) is 0 Å². The van der Waals surface area contributed by atoms with Crippen LogP contribution in [-0.4, -0.2) is 30.6 Å². The second-order valence-electron chi connectivity index (χ2n) is 8.64. The first-order chi connectivity index (χ1) is 10.6. The molecular weight excluding hydrogens is 306 g/mol. The van der Waals surface area contributed by atoms with Gasteiger partial charge in [-0.1, -0.05) is 20.8 Å². The second kappa shape index (κ2) is 5.57. The molecule has 23 heavy (non-hydrogen) atoms. The zero-order valence-electron chi connectivity index (χ0n) is 14.9. The molecular formula is C18H29NO3Si. The predicted molar refractivity (Wildman–Crippen MR) is 93.1 cm³/mol. The number of ether oxygens (including phenoxy) is 1. The Morgan fingerprint density at radius 3 is 2.43 bits per heavy atom. The highest BCUT2D eigenvalue weighted by molar-refractivity contribution is 6.74. The summed E-state index contributed by atoms with van der Waals surface area (Å²) in [6, 6.07) is 3.78. The summed E-state index contributed by atoms with van der Waals surface area (Å²) in [5.41, 5.74) is 0.107. The monoisotopic (exact) mass is 335 g/mol. The average molecular weight is 336 g/mol. The van der Waals surface area contributed by atoms with Crippen molar-refractivity contribution in [3.63, 3.8) is 0 Å². The van der Waals surface area contributed by atoms with Crippen LogP contribution >= 0.6 is 0 Å². The Morgan fingerprint density at radius 2 is 1.87 bits per heavy atom. The fourth-order valence-electron chi connectivity index (χ4n) is 2.73. The first-order valence-electron chi connectivity index (χ1n) is 8.62. The third-order valence-electron chi connectivity index (χ3n) is 5.48. The number of nitrogens with zero attached hydrogens (tertiary/aromatic N) is 1. The van der Waals surface area contributed by atoms with E-state index in [-0.39, 0.29) is 11.1 Å². The molecule has 3 rings (SSSR count). The standard InChI is InChI=1S/C18H29NO3Si/c1-17(2,3)23(4,5)22-15-11-18(20,12-15)13-8-9-19-16(10-13)21-14-6-7-14/h8-10,14-15,20H,6-7,11-12H2,1-5H3. The van der Waals surface area contributed by atoms with Gasteiger partial charge in [0.05, 0.1) is 11.7 Å². The van der Waals surface area contributed by atoms with Crippen molar-refractivity contribution in [3.8, 4) is 5.88 Å². The number of hydrogen-bond acceptors (Lipinski definition) is 4. The molecule has 5 heteroatoms. The zero-order chi connectivity index (χ0) is 16.9. The summed E-state index contributed by atoms with van der Waals surface area (Å²) in [5, 5.41) is 11.1. The van der Waals surface area contributed by atoms with Gasteiger partial charge in [0.1, 0.15) is 6.10 Å². The molecule has 0 spiro atoms. The number of aliphatic hydroxyl groups is 1. The highest BCUT2D eigenvalue weighted by Crippen LogP contribution is 2.47. The molecule has 4 nitrogen and oxygen atoms in total. The van der Waals surface area contributed by atoms with E-state index >= 15 is 0 Å². The molecule has 2 aliphatic rings. The summed E-state index contributed by atoms with van der Waals surface area (Å²) in [5.74, 6) is 0.632. The first-order valence-corrected chi connectivity index (χ1v) is 11.5. The minimum atomic E-state index is -1.77. The Labute approximate surface area is 140 Å². The normalized spacial score (nSPS) is 28.3. The number of rotatable bonds is 5. The van der Waals surface area contributed by atoms with Gasteiger partial charge < -0.3 is 14.3 Å². The zero-order valence-corrected chi connectivity index (χ0v) is 15.9. The molecule has 1 heterocycles. The lowest BCUT2D eigenvalue weighted by atomic mass is 9.73. The van der Waals surface area contributed by atoms with E-state index in [4.69, 9.17) is 9.16 Å². The van der Waals surface area contributed by atoms with E-state index in [1.807, 2.05) is 12.1 Å². The third-order valence-corrected chi connectivity index (χ3v) is 10.0. The van der Waals surface area contributed by atoms with Crippen molar-refractivity contribution < 1.29 is 14.3 Å². The third kappa shape index (κ3) is 3.62. The van der Waals surface area contributed by atoms with Crippen molar-refractivity contribution in [2.45, 2.75) is 82.4 Å². The van der Waals surface area contributed by atoms with E-state index in [0.29, 0.717) is 24.8 Å². The lowest BCUT2D eigenvalue weighted by Gasteiger charge is -2.49. The predicted octanol–water partition coefficient (Wildman–Crippen LogP) is 3.99. The molecule has 1 aromatic heterocycles. The Bertz CT molecular complexity index is 572. The van der Waals surface area contributed by atoms with Gasteiger partial charge in [-0.15, -0.1) is 0 Å². The second-order valence-corrected chi connectivity index (χ2v) is 13.4. The van der Waals surface area contributed by atoms with Crippen LogP contribution in [0.3, 0.4) is 0 Å². The van der Waals surface area contributed by atoms with Crippen LogP contribution in [0.4, 0.5) is 0 Å². The van der Waals surface area contributed by atoms with E-state index in [1.165, 1.54) is 0 Å². The molecule has 0 unspecified atom stereocenters. The Kier molecular flexibility index (Phi) is 4.10. The van der Waals surface area contributed by atoms with Crippen LogP contribution in [0.25, 0.3) is 0 Å². The van der Waals surface area contributed by atoms with E-state index in [2.05, 4.69) is 38.8 Å². The van der Waals surface area contributed by atoms with Crippen LogP contribution in [0.15, 0.2) is 18.3 Å². The number of aromatic nitrogens is 1. The van der Waals surface area contributed by atoms with Crippen LogP contribution < -0.4 is 4.74 Å². The Hall–Kier alpha value is -0.913. The first kappa shape index (κ1) is 16.9. The lowest BCUT2D eigenvalue weighted by molar-refractivity contribution is -0.113. The molecule has 1 aromatic rings. The van der Waals surface area contributed by atoms with E-state index < -0.39 is 13.9 Å². The van der Waals surface area contributed by atoms with Gasteiger partial charge >= 0.3 is 0 Å². The highest BCUT2D eigenvalue weighted by Gasteiger charge is 2.49. The van der Waals surface area contributed by atoms with Gasteiger partial charge in [-0.25, -0.2) is 4.98 Å². The van der Waals surface area contributed by atoms with Gasteiger partial charge in [-0.3, -0.25) is 0 Å². The molecule has 2 aliphatic carbocycles. The minimum Gasteiger partial charge on any atom is -0.474 e. The topological polar surface area (TPSA) is 51.6 Å². The van der Waals surface area contributed by atoms with Gasteiger partial charge in [0.25, 0.3) is 0 Å². The molecule has 128 valence electrons. The lowest BCUT2D eigenvalue weighted by Crippen LogP contribution is -2.52. The SMILES string of the molecule is CC(C)(C)[Si](C)(C)OC1CC(O)(c2ccnc(OC3CC3)c2)C1. The fourth-order valence-corrected chi connectivity index (χ4v) is 4.08. The van der Waals surface area contributed by atoms with Crippen molar-refractivity contribution in [3.05, 3.63) is 23.9 Å². The molecule has 0 radical (unpaired) electrons. The van der Waals surface area contributed by atoms with Gasteiger partial charge in [-0.05, 0) is 42.6 Å². The minimum absolute atomic E-state index is 0.154. The highest BCUT2D eigenvalue weighted by atomic mass is 28.4. The maximum atomic E-state index is 10.9. The molecule has 0 amide bonds. The van der Waals surface area contributed by atoms with Crippen molar-refractivity contribution in [2.75, 3.05) is 0 Å². The molecule has 0 aromatic carbocycles. The van der Waals surface area contributed by atoms with Gasteiger partial charge in [0.2, 0.25) is 5.88 Å². The summed E-state index contributed by atoms with van der Waals surface area (Å²) in [6.45, 7) is 11.3. The van der Waals surface area contributed by atoms with Gasteiger partial charge in [0, 0.05) is 25.1 Å². The van der Waals surface area contributed by atoms with Gasteiger partial charge in [0.15, 0.2) is 8.32 Å². The van der Waals surface area contributed by atoms with E-state index in [0.717, 1.165) is 18.4 Å². The molecule has 0 atom stereocenters. The number of pyridine rings is 1. The maximum Gasteiger partial charge on any atom is 0.213 e. The fraction of sp³-hybridized carbons (Fsp3) is 0.722. The van der Waals surface area contributed by atoms with Crippen LogP contribution in [0.1, 0.15) is 52.0 Å². The Balaban J connectivity index is 1.62. The van der Waals surface area contributed by atoms with Crippen LogP contribution in [0.5, 0.6) is 5.88 Å². The summed E-state index contributed by atoms with van der Waals surface area (Å²) in [4.78, 5) is 4.24. The van der Waals surface area contributed by atoms with Crippen LogP contribution in [0.2, 0.25) is 18.1 Å². The average Bonchev–Trinajstić information content (AvgIpc) is 3.19. The van der Waals surface area contributed by atoms with Crippen LogP contribution in [-0.2, 0) is 10.0 Å². The van der Waals surface area contributed by atoms with Gasteiger partial charge in [-0.2, -0.15) is 0 Å². The molecule has 2 saturated carbocycles. The smallest absolute Gasteiger partial charge is 0.213 e. The summed E-state index contributed by atoms with van der Waals surface area (Å²) in [6.07, 6.45) is 5.74. The summed E-state index contributed by atoms with van der Waals surface area (Å²) < 4.78 is 12.1. The molecule has 0 saturated heterocycles. The van der Waals surface area contributed by atoms with Crippen molar-refractivity contribution in [2.24, 2.45) is 0 Å². The Morgan fingerprint density at radius 1 is 1.22 bits per heavy atom. The quantitative estimate of drug-likeness (QED) is 0.827. The maximum absolute atomic E-state index is 10.9. The van der Waals surface area contributed by atoms with Crippen molar-refractivity contribution in [1.82, 2.24) is 4.98 Å². The molecule has 1 N–H and O–H groups in total. The molecule has 0 aliphatic heterocycles. The number of hydrogen-bond donors (Lipinski definition) is 1. The van der Waals surface area contributed by atoms with Crippen molar-refractivity contribution >= 4 is 8.32 Å². The summed E-state index contributed by atoms with van der Waals surface area (Å²) in [7, 11) is -1.77. The van der Waals surface area contributed by atoms with Crippen LogP contribution in [0, 0.1) is 0 Å². The summed E-state index contributed by atoms with van der Waals surface area (Å²) >= 11 is 0.